The van der Waals surface area contributed by atoms with Crippen LogP contribution in [0.5, 0.6) is 0 Å². The zero-order chi connectivity index (χ0) is 18.4. The summed E-state index contributed by atoms with van der Waals surface area (Å²) in [6, 6.07) is 10.9. The first-order valence-electron chi connectivity index (χ1n) is 10.6. The summed E-state index contributed by atoms with van der Waals surface area (Å²) in [7, 11) is 0. The number of rotatable bonds is 1. The van der Waals surface area contributed by atoms with Crippen molar-refractivity contribution in [1.82, 2.24) is 4.90 Å². The molecule has 6 rings (SSSR count). The van der Waals surface area contributed by atoms with Gasteiger partial charge in [0.2, 0.25) is 5.91 Å². The van der Waals surface area contributed by atoms with Gasteiger partial charge >= 0.3 is 0 Å². The molecule has 1 aromatic carbocycles. The van der Waals surface area contributed by atoms with Crippen molar-refractivity contribution in [2.24, 2.45) is 22.7 Å². The number of hydrogen-bond donors (Lipinski definition) is 0. The molecule has 2 saturated heterocycles. The Hall–Kier alpha value is -1.90. The predicted octanol–water partition coefficient (Wildman–Crippen LogP) is 3.88. The Morgan fingerprint density at radius 3 is 2.63 bits per heavy atom. The van der Waals surface area contributed by atoms with Crippen molar-refractivity contribution in [2.75, 3.05) is 6.54 Å². The summed E-state index contributed by atoms with van der Waals surface area (Å²) < 4.78 is 0. The number of piperidine rings is 1. The highest BCUT2D eigenvalue weighted by Gasteiger charge is 2.80. The first-order valence-corrected chi connectivity index (χ1v) is 10.6. The molecule has 1 amide bonds. The van der Waals surface area contributed by atoms with E-state index in [1.165, 1.54) is 31.2 Å². The van der Waals surface area contributed by atoms with E-state index in [0.717, 1.165) is 0 Å². The van der Waals surface area contributed by atoms with Crippen molar-refractivity contribution in [2.45, 2.75) is 56.9 Å². The number of benzene rings is 1. The molecular formula is C24H27NO2. The Bertz CT molecular complexity index is 876. The lowest BCUT2D eigenvalue weighted by molar-refractivity contribution is -0.137. The molecule has 3 heteroatoms. The fourth-order valence-electron chi connectivity index (χ4n) is 8.25. The number of Topliss-reactive ketones (excluding diaryl/α,β-unsaturated/α-hetero) is 1. The zero-order valence-corrected chi connectivity index (χ0v) is 16.0. The van der Waals surface area contributed by atoms with Gasteiger partial charge in [-0.15, -0.1) is 0 Å². The van der Waals surface area contributed by atoms with Crippen LogP contribution >= 0.6 is 0 Å². The van der Waals surface area contributed by atoms with Gasteiger partial charge < -0.3 is 4.90 Å². The van der Waals surface area contributed by atoms with Crippen molar-refractivity contribution < 1.29 is 9.59 Å². The van der Waals surface area contributed by atoms with Crippen LogP contribution in [-0.4, -0.2) is 29.2 Å². The van der Waals surface area contributed by atoms with Crippen LogP contribution in [-0.2, 0) is 15.0 Å². The lowest BCUT2D eigenvalue weighted by Gasteiger charge is -2.52. The van der Waals surface area contributed by atoms with Crippen LogP contribution in [0.1, 0.15) is 51.0 Å². The summed E-state index contributed by atoms with van der Waals surface area (Å²) in [5, 5.41) is 0. The summed E-state index contributed by atoms with van der Waals surface area (Å²) in [6.45, 7) is 3.09. The minimum atomic E-state index is -0.211. The van der Waals surface area contributed by atoms with E-state index >= 15 is 0 Å². The second-order valence-corrected chi connectivity index (χ2v) is 9.74. The van der Waals surface area contributed by atoms with Crippen LogP contribution in [0, 0.1) is 22.7 Å². The highest BCUT2D eigenvalue weighted by atomic mass is 16.2. The van der Waals surface area contributed by atoms with E-state index in [4.69, 9.17) is 0 Å². The number of carbonyl (C=O) groups excluding carboxylic acids is 2. The minimum absolute atomic E-state index is 0.00361. The van der Waals surface area contributed by atoms with Gasteiger partial charge in [-0.2, -0.15) is 0 Å². The maximum atomic E-state index is 13.8. The Kier molecular flexibility index (Phi) is 2.94. The van der Waals surface area contributed by atoms with E-state index in [2.05, 4.69) is 54.3 Å². The van der Waals surface area contributed by atoms with Gasteiger partial charge in [-0.3, -0.25) is 9.59 Å². The lowest BCUT2D eigenvalue weighted by Crippen LogP contribution is -2.52. The number of allylic oxidation sites excluding steroid dienone is 2. The molecule has 0 spiro atoms. The summed E-state index contributed by atoms with van der Waals surface area (Å²) in [5.74, 6) is 0.966. The Balaban J connectivity index is 1.62. The van der Waals surface area contributed by atoms with Crippen LogP contribution in [0.4, 0.5) is 0 Å². The zero-order valence-electron chi connectivity index (χ0n) is 16.0. The maximum absolute atomic E-state index is 13.8. The molecule has 0 unspecified atom stereocenters. The van der Waals surface area contributed by atoms with Gasteiger partial charge in [0.05, 0.1) is 5.92 Å². The van der Waals surface area contributed by atoms with Gasteiger partial charge in [0, 0.05) is 42.2 Å². The van der Waals surface area contributed by atoms with Gasteiger partial charge in [0.15, 0.2) is 0 Å². The smallest absolute Gasteiger partial charge is 0.227 e. The van der Waals surface area contributed by atoms with Gasteiger partial charge in [0.1, 0.15) is 5.78 Å². The molecule has 0 radical (unpaired) electrons. The molecule has 2 saturated carbocycles. The fourth-order valence-corrected chi connectivity index (χ4v) is 8.25. The van der Waals surface area contributed by atoms with Crippen molar-refractivity contribution in [3.05, 3.63) is 48.0 Å². The van der Waals surface area contributed by atoms with Gasteiger partial charge in [-0.05, 0) is 23.8 Å². The van der Waals surface area contributed by atoms with Crippen LogP contribution < -0.4 is 0 Å². The number of ketones is 1. The molecule has 5 aliphatic rings. The first-order chi connectivity index (χ1) is 13.1. The van der Waals surface area contributed by atoms with Crippen molar-refractivity contribution in [1.29, 1.82) is 0 Å². The third-order valence-electron chi connectivity index (χ3n) is 9.23. The van der Waals surface area contributed by atoms with Crippen LogP contribution in [0.25, 0.3) is 0 Å². The average molecular weight is 361 g/mol. The number of amides is 1. The van der Waals surface area contributed by atoms with Gasteiger partial charge in [-0.25, -0.2) is 0 Å². The molecular weight excluding hydrogens is 334 g/mol. The standard InChI is InChI=1S/C24H27NO2/c1-22-10-5-6-11-23(22)12-13-24(22,16-7-3-2-4-8-16)20-19(23)18-15-17(26)9-14-25(18)21(20)27/h2-4,7-8,12-13,18-20H,5-6,9-11,14-15H2,1H3/t18-,19-,20-,22-,23+,24+/m0/s1. The van der Waals surface area contributed by atoms with Crippen LogP contribution in [0.3, 0.4) is 0 Å². The quantitative estimate of drug-likeness (QED) is 0.712. The molecule has 6 atom stereocenters. The molecule has 2 bridgehead atoms. The number of carbonyl (C=O) groups is 2. The van der Waals surface area contributed by atoms with E-state index in [0.29, 0.717) is 37.0 Å². The van der Waals surface area contributed by atoms with Crippen LogP contribution in [0.15, 0.2) is 42.5 Å². The largest absolute Gasteiger partial charge is 0.338 e. The molecule has 3 aliphatic carbocycles. The number of nitrogens with zero attached hydrogens (tertiary/aromatic N) is 1. The van der Waals surface area contributed by atoms with E-state index < -0.39 is 0 Å². The Morgan fingerprint density at radius 2 is 1.81 bits per heavy atom. The monoisotopic (exact) mass is 361 g/mol. The maximum Gasteiger partial charge on any atom is 0.227 e. The second kappa shape index (κ2) is 4.92. The van der Waals surface area contributed by atoms with Crippen molar-refractivity contribution >= 4 is 11.7 Å². The second-order valence-electron chi connectivity index (χ2n) is 9.74. The van der Waals surface area contributed by atoms with Gasteiger partial charge in [0.25, 0.3) is 0 Å². The highest BCUT2D eigenvalue weighted by molar-refractivity contribution is 5.91. The van der Waals surface area contributed by atoms with E-state index in [1.807, 2.05) is 0 Å². The molecule has 2 aliphatic heterocycles. The number of hydrogen-bond acceptors (Lipinski definition) is 2. The predicted molar refractivity (Wildman–Crippen MR) is 103 cm³/mol. The molecule has 4 fully saturated rings. The Morgan fingerprint density at radius 1 is 1.04 bits per heavy atom. The molecule has 2 heterocycles. The fraction of sp³-hybridized carbons (Fsp3) is 0.583. The summed E-state index contributed by atoms with van der Waals surface area (Å²) in [4.78, 5) is 28.2. The van der Waals surface area contributed by atoms with Crippen molar-refractivity contribution in [3.8, 4) is 0 Å². The molecule has 1 aromatic rings. The minimum Gasteiger partial charge on any atom is -0.338 e. The van der Waals surface area contributed by atoms with E-state index in [1.54, 1.807) is 0 Å². The third-order valence-corrected chi connectivity index (χ3v) is 9.23. The van der Waals surface area contributed by atoms with E-state index in [9.17, 15) is 9.59 Å². The van der Waals surface area contributed by atoms with Crippen molar-refractivity contribution in [3.63, 3.8) is 0 Å². The Labute approximate surface area is 160 Å². The topological polar surface area (TPSA) is 37.4 Å². The van der Waals surface area contributed by atoms with E-state index in [-0.39, 0.29) is 28.2 Å². The summed E-state index contributed by atoms with van der Waals surface area (Å²) >= 11 is 0. The third kappa shape index (κ3) is 1.55. The lowest BCUT2D eigenvalue weighted by atomic mass is 9.52. The molecule has 27 heavy (non-hydrogen) atoms. The SMILES string of the molecule is C[C@]12CCCC[C@]13C=C[C@@]2(c1ccccc1)[C@@H]1C(=O)N2CCC(=O)C[C@H]2[C@@H]13. The molecule has 0 aromatic heterocycles. The van der Waals surface area contributed by atoms with Crippen LogP contribution in [0.2, 0.25) is 0 Å². The first kappa shape index (κ1) is 16.1. The average Bonchev–Trinajstić information content (AvgIpc) is 3.21. The number of fused-ring (bicyclic) bond motifs is 4. The molecule has 140 valence electrons. The normalized spacial score (nSPS) is 47.1. The van der Waals surface area contributed by atoms with Gasteiger partial charge in [-0.1, -0.05) is 62.2 Å². The highest BCUT2D eigenvalue weighted by Crippen LogP contribution is 2.80. The molecule has 3 nitrogen and oxygen atoms in total. The molecule has 0 N–H and O–H groups in total. The summed E-state index contributed by atoms with van der Waals surface area (Å²) in [6.07, 6.45) is 10.9. The summed E-state index contributed by atoms with van der Waals surface area (Å²) in [5.41, 5.74) is 1.24.